The fraction of sp³-hybridized carbons (Fsp3) is 0.467. The molecule has 0 aliphatic heterocycles. The Labute approximate surface area is 136 Å². The van der Waals surface area contributed by atoms with Crippen molar-refractivity contribution in [2.75, 3.05) is 31.3 Å². The number of ether oxygens (including phenoxy) is 1. The van der Waals surface area contributed by atoms with Crippen LogP contribution in [0.2, 0.25) is 0 Å². The molecule has 0 spiro atoms. The van der Waals surface area contributed by atoms with E-state index in [0.29, 0.717) is 5.75 Å². The molecule has 116 valence electrons. The van der Waals surface area contributed by atoms with Gasteiger partial charge in [0, 0.05) is 18.8 Å². The third-order valence-corrected chi connectivity index (χ3v) is 4.58. The number of amides is 1. The van der Waals surface area contributed by atoms with E-state index in [4.69, 9.17) is 17.0 Å². The van der Waals surface area contributed by atoms with Gasteiger partial charge in [-0.25, -0.2) is 0 Å². The molecule has 1 aromatic carbocycles. The Hall–Kier alpha value is -1.27. The Morgan fingerprint density at radius 1 is 1.38 bits per heavy atom. The molecule has 0 unspecified atom stereocenters. The molecule has 0 aromatic heterocycles. The van der Waals surface area contributed by atoms with E-state index in [1.807, 2.05) is 25.1 Å². The van der Waals surface area contributed by atoms with Crippen LogP contribution in [-0.4, -0.2) is 41.1 Å². The number of carbonyl (C=O) groups is 1. The molecule has 6 heteroatoms. The highest BCUT2D eigenvalue weighted by Gasteiger charge is 2.10. The molecule has 21 heavy (non-hydrogen) atoms. The Morgan fingerprint density at radius 2 is 2.05 bits per heavy atom. The molecule has 0 bridgehead atoms. The molecule has 0 saturated carbocycles. The van der Waals surface area contributed by atoms with Crippen molar-refractivity contribution in [1.29, 1.82) is 0 Å². The summed E-state index contributed by atoms with van der Waals surface area (Å²) in [7, 11) is 1.62. The zero-order valence-corrected chi connectivity index (χ0v) is 14.6. The summed E-state index contributed by atoms with van der Waals surface area (Å²) in [5.74, 6) is 1.05. The topological polar surface area (TPSA) is 41.6 Å². The third kappa shape index (κ3) is 5.55. The zero-order chi connectivity index (χ0) is 15.8. The normalized spacial score (nSPS) is 10.1. The summed E-state index contributed by atoms with van der Waals surface area (Å²) < 4.78 is 5.91. The number of anilines is 1. The predicted molar refractivity (Wildman–Crippen MR) is 94.3 cm³/mol. The summed E-state index contributed by atoms with van der Waals surface area (Å²) in [6, 6.07) is 5.57. The molecule has 0 radical (unpaired) electrons. The summed E-state index contributed by atoms with van der Waals surface area (Å²) >= 11 is 6.70. The van der Waals surface area contributed by atoms with Crippen molar-refractivity contribution < 1.29 is 9.53 Å². The lowest BCUT2D eigenvalue weighted by Crippen LogP contribution is -2.28. The van der Waals surface area contributed by atoms with Crippen LogP contribution < -0.4 is 10.1 Å². The van der Waals surface area contributed by atoms with E-state index in [1.54, 1.807) is 7.11 Å². The van der Waals surface area contributed by atoms with Crippen molar-refractivity contribution in [2.45, 2.75) is 20.8 Å². The Bertz CT molecular complexity index is 502. The first kappa shape index (κ1) is 17.8. The van der Waals surface area contributed by atoms with Gasteiger partial charge < -0.3 is 15.0 Å². The van der Waals surface area contributed by atoms with Gasteiger partial charge in [-0.05, 0) is 44.5 Å². The van der Waals surface area contributed by atoms with Crippen LogP contribution in [0, 0.1) is 6.92 Å². The van der Waals surface area contributed by atoms with Gasteiger partial charge in [0.2, 0.25) is 5.91 Å². The molecular weight excluding hydrogens is 304 g/mol. The lowest BCUT2D eigenvalue weighted by molar-refractivity contribution is -0.113. The molecule has 1 N–H and O–H groups in total. The number of rotatable bonds is 6. The van der Waals surface area contributed by atoms with E-state index < -0.39 is 0 Å². The molecule has 0 fully saturated rings. The Balaban J connectivity index is 2.52. The van der Waals surface area contributed by atoms with E-state index in [-0.39, 0.29) is 5.91 Å². The van der Waals surface area contributed by atoms with Crippen molar-refractivity contribution in [2.24, 2.45) is 0 Å². The van der Waals surface area contributed by atoms with Crippen molar-refractivity contribution in [3.05, 3.63) is 23.8 Å². The van der Waals surface area contributed by atoms with Crippen LogP contribution in [-0.2, 0) is 4.79 Å². The highest BCUT2D eigenvalue weighted by Crippen LogP contribution is 2.21. The summed E-state index contributed by atoms with van der Waals surface area (Å²) in [5.41, 5.74) is 1.77. The van der Waals surface area contributed by atoms with Crippen LogP contribution in [0.3, 0.4) is 0 Å². The van der Waals surface area contributed by atoms with Crippen LogP contribution in [0.5, 0.6) is 5.75 Å². The highest BCUT2D eigenvalue weighted by atomic mass is 32.2. The number of benzene rings is 1. The average molecular weight is 326 g/mol. The Morgan fingerprint density at radius 3 is 2.57 bits per heavy atom. The zero-order valence-electron chi connectivity index (χ0n) is 12.9. The molecule has 1 rings (SSSR count). The Kier molecular flexibility index (Phi) is 7.53. The largest absolute Gasteiger partial charge is 0.497 e. The minimum atomic E-state index is -0.0530. The van der Waals surface area contributed by atoms with Crippen molar-refractivity contribution in [1.82, 2.24) is 4.90 Å². The van der Waals surface area contributed by atoms with Gasteiger partial charge in [0.25, 0.3) is 0 Å². The second kappa shape index (κ2) is 8.89. The minimum Gasteiger partial charge on any atom is -0.497 e. The second-order valence-electron chi connectivity index (χ2n) is 4.46. The monoisotopic (exact) mass is 326 g/mol. The van der Waals surface area contributed by atoms with Gasteiger partial charge in [0.1, 0.15) is 10.1 Å². The molecule has 0 aliphatic carbocycles. The van der Waals surface area contributed by atoms with Crippen LogP contribution in [0.4, 0.5) is 5.69 Å². The number of thioether (sulfide) groups is 1. The highest BCUT2D eigenvalue weighted by molar-refractivity contribution is 8.23. The van der Waals surface area contributed by atoms with Crippen molar-refractivity contribution >= 4 is 39.9 Å². The summed E-state index contributed by atoms with van der Waals surface area (Å²) in [6.07, 6.45) is 0. The van der Waals surface area contributed by atoms with E-state index in [2.05, 4.69) is 24.1 Å². The molecule has 0 aliphatic rings. The maximum atomic E-state index is 12.0. The average Bonchev–Trinajstić information content (AvgIpc) is 2.48. The van der Waals surface area contributed by atoms with Crippen molar-refractivity contribution in [3.8, 4) is 5.75 Å². The van der Waals surface area contributed by atoms with E-state index in [0.717, 1.165) is 34.4 Å². The lowest BCUT2D eigenvalue weighted by Gasteiger charge is -2.20. The number of hydrogen-bond donors (Lipinski definition) is 1. The van der Waals surface area contributed by atoms with E-state index in [1.165, 1.54) is 11.8 Å². The number of carbonyl (C=O) groups excluding carboxylic acids is 1. The fourth-order valence-corrected chi connectivity index (χ4v) is 2.99. The quantitative estimate of drug-likeness (QED) is 0.812. The maximum absolute atomic E-state index is 12.0. The van der Waals surface area contributed by atoms with Crippen LogP contribution >= 0.6 is 24.0 Å². The number of methoxy groups -OCH3 is 1. The molecule has 4 nitrogen and oxygen atoms in total. The van der Waals surface area contributed by atoms with Gasteiger partial charge in [0.15, 0.2) is 0 Å². The molecule has 0 heterocycles. The number of nitrogens with one attached hydrogen (secondary N) is 1. The fourth-order valence-electron chi connectivity index (χ4n) is 1.79. The first-order valence-corrected chi connectivity index (χ1v) is 8.27. The molecule has 0 saturated heterocycles. The molecule has 0 atom stereocenters. The first-order chi connectivity index (χ1) is 10.0. The molecule has 1 amide bonds. The van der Waals surface area contributed by atoms with E-state index >= 15 is 0 Å². The number of aryl methyl sites for hydroxylation is 1. The van der Waals surface area contributed by atoms with Crippen molar-refractivity contribution in [3.63, 3.8) is 0 Å². The second-order valence-corrected chi connectivity index (χ2v) is 6.07. The smallest absolute Gasteiger partial charge is 0.234 e. The molecular formula is C15H22N2O2S2. The van der Waals surface area contributed by atoms with Gasteiger partial charge in [0.05, 0.1) is 12.9 Å². The predicted octanol–water partition coefficient (Wildman–Crippen LogP) is 3.30. The van der Waals surface area contributed by atoms with E-state index in [9.17, 15) is 4.79 Å². The van der Waals surface area contributed by atoms with Gasteiger partial charge in [-0.2, -0.15) is 0 Å². The SMILES string of the molecule is CCN(CC)C(=S)SCC(=O)Nc1ccc(OC)cc1C. The van der Waals surface area contributed by atoms with Crippen LogP contribution in [0.15, 0.2) is 18.2 Å². The van der Waals surface area contributed by atoms with Gasteiger partial charge in [-0.1, -0.05) is 24.0 Å². The third-order valence-electron chi connectivity index (χ3n) is 3.06. The summed E-state index contributed by atoms with van der Waals surface area (Å²) in [4.78, 5) is 14.0. The summed E-state index contributed by atoms with van der Waals surface area (Å²) in [6.45, 7) is 7.77. The maximum Gasteiger partial charge on any atom is 0.234 e. The standard InChI is InChI=1S/C15H22N2O2S2/c1-5-17(6-2)15(20)21-10-14(18)16-13-8-7-12(19-4)9-11(13)3/h7-9H,5-6,10H2,1-4H3,(H,16,18). The number of nitrogens with zero attached hydrogens (tertiary/aromatic N) is 1. The summed E-state index contributed by atoms with van der Waals surface area (Å²) in [5, 5.41) is 2.90. The number of thiocarbonyl (C=S) groups is 1. The van der Waals surface area contributed by atoms with Gasteiger partial charge in [-0.15, -0.1) is 0 Å². The van der Waals surface area contributed by atoms with Crippen LogP contribution in [0.1, 0.15) is 19.4 Å². The molecule has 1 aromatic rings. The first-order valence-electron chi connectivity index (χ1n) is 6.88. The van der Waals surface area contributed by atoms with Crippen LogP contribution in [0.25, 0.3) is 0 Å². The minimum absolute atomic E-state index is 0.0530. The number of hydrogen-bond acceptors (Lipinski definition) is 4. The van der Waals surface area contributed by atoms with Gasteiger partial charge >= 0.3 is 0 Å². The lowest BCUT2D eigenvalue weighted by atomic mass is 10.2. The van der Waals surface area contributed by atoms with Gasteiger partial charge in [-0.3, -0.25) is 4.79 Å².